The molecule has 0 saturated heterocycles. The van der Waals surface area contributed by atoms with Crippen LogP contribution in [0.3, 0.4) is 0 Å². The maximum Gasteiger partial charge on any atom is 0.227 e. The van der Waals surface area contributed by atoms with Gasteiger partial charge in [0.05, 0.1) is 26.1 Å². The van der Waals surface area contributed by atoms with E-state index >= 15 is 0 Å². The Bertz CT molecular complexity index is 1100. The molecule has 0 N–H and O–H groups in total. The lowest BCUT2D eigenvalue weighted by Crippen LogP contribution is -2.29. The second kappa shape index (κ2) is 19.6. The number of rotatable bonds is 21. The van der Waals surface area contributed by atoms with E-state index in [2.05, 4.69) is 43.1 Å². The summed E-state index contributed by atoms with van der Waals surface area (Å²) in [7, 11) is 1.68. The molecule has 0 aliphatic carbocycles. The minimum Gasteiger partial charge on any atom is -0.493 e. The van der Waals surface area contributed by atoms with Gasteiger partial charge >= 0.3 is 0 Å². The van der Waals surface area contributed by atoms with Gasteiger partial charge in [-0.1, -0.05) is 103 Å². The van der Waals surface area contributed by atoms with Crippen LogP contribution in [0.4, 0.5) is 5.69 Å². The number of thioether (sulfide) groups is 1. The predicted molar refractivity (Wildman–Crippen MR) is 179 cm³/mol. The SMILES string of the molecule is CCCCCCCCCCCCCCOc1ccc(CN(C(=O)CC)c2cccc(CN3C=C(C)SC3)c2)cc1OC. The van der Waals surface area contributed by atoms with E-state index in [0.29, 0.717) is 19.6 Å². The molecule has 0 radical (unpaired) electrons. The van der Waals surface area contributed by atoms with E-state index in [4.69, 9.17) is 9.47 Å². The van der Waals surface area contributed by atoms with Crippen molar-refractivity contribution in [2.75, 3.05) is 24.5 Å². The van der Waals surface area contributed by atoms with Crippen LogP contribution in [0.5, 0.6) is 11.5 Å². The van der Waals surface area contributed by atoms with E-state index in [0.717, 1.165) is 41.6 Å². The first-order valence-electron chi connectivity index (χ1n) is 16.3. The summed E-state index contributed by atoms with van der Waals surface area (Å²) in [4.78, 5) is 18.6. The normalized spacial score (nSPS) is 12.9. The number of methoxy groups -OCH3 is 1. The fraction of sp³-hybridized carbons (Fsp3) is 0.583. The van der Waals surface area contributed by atoms with Crippen LogP contribution >= 0.6 is 11.8 Å². The maximum atomic E-state index is 13.0. The van der Waals surface area contributed by atoms with Gasteiger partial charge in [-0.05, 0) is 53.6 Å². The second-order valence-electron chi connectivity index (χ2n) is 11.5. The Morgan fingerprint density at radius 2 is 1.55 bits per heavy atom. The average molecular weight is 595 g/mol. The summed E-state index contributed by atoms with van der Waals surface area (Å²) in [6.45, 7) is 8.37. The molecule has 1 heterocycles. The number of hydrogen-bond acceptors (Lipinski definition) is 5. The Labute approximate surface area is 260 Å². The summed E-state index contributed by atoms with van der Waals surface area (Å²) < 4.78 is 11.8. The molecule has 1 aliphatic heterocycles. The molecule has 5 nitrogen and oxygen atoms in total. The quantitative estimate of drug-likeness (QED) is 0.135. The van der Waals surface area contributed by atoms with Gasteiger partial charge < -0.3 is 19.3 Å². The van der Waals surface area contributed by atoms with Crippen LogP contribution in [0.1, 0.15) is 115 Å². The molecule has 0 saturated carbocycles. The third kappa shape index (κ3) is 11.9. The van der Waals surface area contributed by atoms with Crippen molar-refractivity contribution in [1.82, 2.24) is 4.90 Å². The van der Waals surface area contributed by atoms with Gasteiger partial charge in [-0.2, -0.15) is 0 Å². The average Bonchev–Trinajstić information content (AvgIpc) is 3.42. The van der Waals surface area contributed by atoms with Gasteiger partial charge in [0.25, 0.3) is 0 Å². The lowest BCUT2D eigenvalue weighted by molar-refractivity contribution is -0.118. The van der Waals surface area contributed by atoms with Crippen molar-refractivity contribution in [3.63, 3.8) is 0 Å². The minimum atomic E-state index is 0.103. The van der Waals surface area contributed by atoms with E-state index < -0.39 is 0 Å². The molecule has 1 aliphatic rings. The molecule has 232 valence electrons. The minimum absolute atomic E-state index is 0.103. The van der Waals surface area contributed by atoms with Crippen LogP contribution in [0, 0.1) is 0 Å². The van der Waals surface area contributed by atoms with Crippen LogP contribution in [0.2, 0.25) is 0 Å². The molecule has 0 bridgehead atoms. The van der Waals surface area contributed by atoms with Crippen LogP contribution in [-0.4, -0.2) is 30.4 Å². The second-order valence-corrected chi connectivity index (χ2v) is 12.7. The lowest BCUT2D eigenvalue weighted by Gasteiger charge is -2.24. The number of unbranched alkanes of at least 4 members (excludes halogenated alkanes) is 11. The molecule has 1 amide bonds. The zero-order valence-electron chi connectivity index (χ0n) is 26.7. The number of anilines is 1. The highest BCUT2D eigenvalue weighted by Gasteiger charge is 2.17. The van der Waals surface area contributed by atoms with Gasteiger partial charge in [0.15, 0.2) is 11.5 Å². The third-order valence-electron chi connectivity index (χ3n) is 7.86. The summed E-state index contributed by atoms with van der Waals surface area (Å²) in [6, 6.07) is 14.4. The van der Waals surface area contributed by atoms with Crippen molar-refractivity contribution in [2.24, 2.45) is 0 Å². The zero-order chi connectivity index (χ0) is 30.0. The van der Waals surface area contributed by atoms with Crippen LogP contribution in [0.15, 0.2) is 53.6 Å². The molecule has 0 spiro atoms. The fourth-order valence-electron chi connectivity index (χ4n) is 5.42. The van der Waals surface area contributed by atoms with Crippen molar-refractivity contribution in [1.29, 1.82) is 0 Å². The zero-order valence-corrected chi connectivity index (χ0v) is 27.5. The number of ether oxygens (including phenoxy) is 2. The number of nitrogens with zero attached hydrogens (tertiary/aromatic N) is 2. The Morgan fingerprint density at radius 3 is 2.17 bits per heavy atom. The van der Waals surface area contributed by atoms with Crippen LogP contribution in [0.25, 0.3) is 0 Å². The summed E-state index contributed by atoms with van der Waals surface area (Å²) >= 11 is 1.86. The Hall–Kier alpha value is -2.60. The van der Waals surface area contributed by atoms with Gasteiger partial charge in [0.2, 0.25) is 5.91 Å². The van der Waals surface area contributed by atoms with Crippen molar-refractivity contribution in [3.8, 4) is 11.5 Å². The van der Waals surface area contributed by atoms with E-state index in [9.17, 15) is 4.79 Å². The van der Waals surface area contributed by atoms with Crippen LogP contribution in [-0.2, 0) is 17.9 Å². The molecular formula is C36H54N2O3S. The standard InChI is InChI=1S/C36H54N2O3S/c1-5-7-8-9-10-11-12-13-14-15-16-17-23-41-34-22-21-32(25-35(34)40-4)28-38(36(39)6-2)33-20-18-19-31(24-33)27-37-26-30(3)42-29-37/h18-22,24-26H,5-17,23,27-29H2,1-4H3. The highest BCUT2D eigenvalue weighted by Crippen LogP contribution is 2.31. The van der Waals surface area contributed by atoms with Gasteiger partial charge in [0.1, 0.15) is 0 Å². The molecule has 0 fully saturated rings. The van der Waals surface area contributed by atoms with Crippen molar-refractivity contribution >= 4 is 23.4 Å². The van der Waals surface area contributed by atoms with E-state index in [-0.39, 0.29) is 5.91 Å². The molecule has 3 rings (SSSR count). The summed E-state index contributed by atoms with van der Waals surface area (Å²) in [6.07, 6.45) is 18.6. The number of hydrogen-bond donors (Lipinski definition) is 0. The van der Waals surface area contributed by atoms with Gasteiger partial charge in [-0.3, -0.25) is 4.79 Å². The van der Waals surface area contributed by atoms with Gasteiger partial charge in [-0.25, -0.2) is 0 Å². The molecule has 0 unspecified atom stereocenters. The monoisotopic (exact) mass is 594 g/mol. The van der Waals surface area contributed by atoms with Crippen molar-refractivity contribution in [3.05, 3.63) is 64.7 Å². The Morgan fingerprint density at radius 1 is 0.857 bits per heavy atom. The smallest absolute Gasteiger partial charge is 0.227 e. The van der Waals surface area contributed by atoms with E-state index in [1.807, 2.05) is 47.9 Å². The third-order valence-corrected chi connectivity index (χ3v) is 8.88. The highest BCUT2D eigenvalue weighted by molar-refractivity contribution is 8.03. The first kappa shape index (κ1) is 33.9. The molecule has 42 heavy (non-hydrogen) atoms. The summed E-state index contributed by atoms with van der Waals surface area (Å²) in [5.74, 6) is 2.57. The largest absolute Gasteiger partial charge is 0.493 e. The van der Waals surface area contributed by atoms with Crippen molar-refractivity contribution in [2.45, 2.75) is 117 Å². The molecule has 2 aromatic rings. The Balaban J connectivity index is 1.46. The molecule has 6 heteroatoms. The number of carbonyl (C=O) groups excluding carboxylic acids is 1. The highest BCUT2D eigenvalue weighted by atomic mass is 32.2. The summed E-state index contributed by atoms with van der Waals surface area (Å²) in [5, 5.41) is 0. The van der Waals surface area contributed by atoms with E-state index in [1.54, 1.807) is 7.11 Å². The molecule has 0 aromatic heterocycles. The summed E-state index contributed by atoms with van der Waals surface area (Å²) in [5.41, 5.74) is 3.15. The Kier molecular flexibility index (Phi) is 15.8. The number of benzene rings is 2. The fourth-order valence-corrected chi connectivity index (χ4v) is 6.18. The van der Waals surface area contributed by atoms with Crippen LogP contribution < -0.4 is 14.4 Å². The number of carbonyl (C=O) groups is 1. The predicted octanol–water partition coefficient (Wildman–Crippen LogP) is 10.1. The number of allylic oxidation sites excluding steroid dienone is 1. The topological polar surface area (TPSA) is 42.0 Å². The van der Waals surface area contributed by atoms with Crippen molar-refractivity contribution < 1.29 is 14.3 Å². The first-order valence-corrected chi connectivity index (χ1v) is 17.3. The molecule has 0 atom stereocenters. The first-order chi connectivity index (χ1) is 20.5. The van der Waals surface area contributed by atoms with E-state index in [1.165, 1.54) is 81.1 Å². The lowest BCUT2D eigenvalue weighted by atomic mass is 10.1. The molecular weight excluding hydrogens is 540 g/mol. The maximum absolute atomic E-state index is 13.0. The molecule has 2 aromatic carbocycles. The van der Waals surface area contributed by atoms with Gasteiger partial charge in [-0.15, -0.1) is 11.8 Å². The number of amides is 1. The van der Waals surface area contributed by atoms with Gasteiger partial charge in [0, 0.05) is 24.9 Å².